The molecule has 0 aliphatic carbocycles. The van der Waals surface area contributed by atoms with Crippen molar-refractivity contribution in [1.29, 1.82) is 0 Å². The fourth-order valence-electron chi connectivity index (χ4n) is 2.29. The van der Waals surface area contributed by atoms with Gasteiger partial charge in [0, 0.05) is 30.5 Å². The summed E-state index contributed by atoms with van der Waals surface area (Å²) in [5.41, 5.74) is -0.599. The molecule has 3 aromatic heterocycles. The van der Waals surface area contributed by atoms with Gasteiger partial charge in [0.25, 0.3) is 0 Å². The number of anilines is 2. The highest BCUT2D eigenvalue weighted by atomic mass is 32.1. The summed E-state index contributed by atoms with van der Waals surface area (Å²) in [5, 5.41) is 6.91. The predicted octanol–water partition coefficient (Wildman–Crippen LogP) is 3.98. The summed E-state index contributed by atoms with van der Waals surface area (Å²) in [6.07, 6.45) is -1.04. The molecule has 7 nitrogen and oxygen atoms in total. The van der Waals surface area contributed by atoms with Crippen molar-refractivity contribution in [3.63, 3.8) is 0 Å². The first-order valence-electron chi connectivity index (χ1n) is 7.67. The number of aromatic nitrogens is 5. The van der Waals surface area contributed by atoms with Crippen molar-refractivity contribution in [3.05, 3.63) is 30.2 Å². The molecule has 3 aromatic rings. The molecule has 1 N–H and O–H groups in total. The molecule has 3 rings (SSSR count). The van der Waals surface area contributed by atoms with Gasteiger partial charge in [-0.3, -0.25) is 4.68 Å². The lowest BCUT2D eigenvalue weighted by molar-refractivity contribution is -0.141. The molecule has 0 fully saturated rings. The van der Waals surface area contributed by atoms with Crippen molar-refractivity contribution in [1.82, 2.24) is 24.1 Å². The Bertz CT molecular complexity index is 892. The molecule has 0 aliphatic heterocycles. The number of nitrogens with one attached hydrogen (secondary N) is 1. The Morgan fingerprint density at radius 1 is 1.35 bits per heavy atom. The van der Waals surface area contributed by atoms with E-state index in [1.807, 2.05) is 6.92 Å². The van der Waals surface area contributed by atoms with Crippen molar-refractivity contribution in [2.45, 2.75) is 26.1 Å². The molecule has 0 unspecified atom stereocenters. The zero-order valence-electron chi connectivity index (χ0n) is 13.9. The van der Waals surface area contributed by atoms with E-state index in [1.54, 1.807) is 18.3 Å². The molecule has 0 aromatic carbocycles. The van der Waals surface area contributed by atoms with Crippen LogP contribution in [0.5, 0.6) is 5.88 Å². The number of hydrogen-bond donors (Lipinski definition) is 1. The number of halogens is 3. The molecule has 26 heavy (non-hydrogen) atoms. The predicted molar refractivity (Wildman–Crippen MR) is 90.5 cm³/mol. The maximum absolute atomic E-state index is 13.3. The second-order valence-electron chi connectivity index (χ2n) is 5.26. The first kappa shape index (κ1) is 18.1. The summed E-state index contributed by atoms with van der Waals surface area (Å²) in [7, 11) is 1.47. The number of methoxy groups -OCH3 is 1. The molecule has 11 heteroatoms. The largest absolute Gasteiger partial charge is 0.480 e. The van der Waals surface area contributed by atoms with Gasteiger partial charge in [0.1, 0.15) is 5.69 Å². The minimum absolute atomic E-state index is 0.0324. The molecule has 0 spiro atoms. The first-order chi connectivity index (χ1) is 12.4. The molecule has 138 valence electrons. The lowest BCUT2D eigenvalue weighted by atomic mass is 10.2. The molecular weight excluding hydrogens is 369 g/mol. The lowest BCUT2D eigenvalue weighted by Crippen LogP contribution is -2.09. The first-order valence-corrected chi connectivity index (χ1v) is 8.44. The minimum Gasteiger partial charge on any atom is -0.480 e. The van der Waals surface area contributed by atoms with Crippen LogP contribution >= 0.6 is 11.5 Å². The summed E-state index contributed by atoms with van der Waals surface area (Å²) in [6.45, 7) is 2.24. The number of nitrogens with zero attached hydrogens (tertiary/aromatic N) is 5. The Balaban J connectivity index is 1.92. The lowest BCUT2D eigenvalue weighted by Gasteiger charge is -2.06. The normalized spacial score (nSPS) is 11.6. The van der Waals surface area contributed by atoms with Crippen LogP contribution in [0.25, 0.3) is 11.4 Å². The minimum atomic E-state index is -4.58. The van der Waals surface area contributed by atoms with Crippen LogP contribution in [0.2, 0.25) is 0 Å². The van der Waals surface area contributed by atoms with E-state index in [4.69, 9.17) is 4.74 Å². The molecule has 0 bridgehead atoms. The van der Waals surface area contributed by atoms with Gasteiger partial charge in [-0.25, -0.2) is 4.98 Å². The van der Waals surface area contributed by atoms with Crippen molar-refractivity contribution >= 4 is 22.4 Å². The van der Waals surface area contributed by atoms with E-state index in [9.17, 15) is 13.2 Å². The topological polar surface area (TPSA) is 77.8 Å². The van der Waals surface area contributed by atoms with Crippen molar-refractivity contribution in [2.24, 2.45) is 0 Å². The van der Waals surface area contributed by atoms with Gasteiger partial charge in [0.2, 0.25) is 11.0 Å². The maximum Gasteiger partial charge on any atom is 0.435 e. The Morgan fingerprint density at radius 2 is 2.15 bits per heavy atom. The van der Waals surface area contributed by atoms with Gasteiger partial charge < -0.3 is 10.1 Å². The second-order valence-corrected chi connectivity index (χ2v) is 6.01. The van der Waals surface area contributed by atoms with Gasteiger partial charge in [-0.05, 0) is 18.6 Å². The number of alkyl halides is 3. The Labute approximate surface area is 151 Å². The zero-order valence-corrected chi connectivity index (χ0v) is 14.7. The molecule has 0 saturated heterocycles. The molecule has 0 amide bonds. The van der Waals surface area contributed by atoms with Crippen LogP contribution < -0.4 is 10.1 Å². The highest BCUT2D eigenvalue weighted by Gasteiger charge is 2.38. The Kier molecular flexibility index (Phi) is 5.07. The fourth-order valence-corrected chi connectivity index (χ4v) is 2.88. The van der Waals surface area contributed by atoms with Gasteiger partial charge in [0.15, 0.2) is 11.5 Å². The summed E-state index contributed by atoms with van der Waals surface area (Å²) in [4.78, 5) is 8.20. The van der Waals surface area contributed by atoms with E-state index in [-0.39, 0.29) is 11.4 Å². The molecule has 0 aliphatic rings. The molecule has 0 saturated carbocycles. The zero-order chi connectivity index (χ0) is 18.7. The average Bonchev–Trinajstić information content (AvgIpc) is 3.22. The number of rotatable bonds is 6. The van der Waals surface area contributed by atoms with E-state index in [2.05, 4.69) is 24.8 Å². The van der Waals surface area contributed by atoms with Crippen LogP contribution in [0.1, 0.15) is 19.0 Å². The number of pyridine rings is 1. The molecular formula is C15H15F3N6OS. The smallest absolute Gasteiger partial charge is 0.435 e. The van der Waals surface area contributed by atoms with Gasteiger partial charge in [0.05, 0.1) is 12.7 Å². The van der Waals surface area contributed by atoms with Gasteiger partial charge in [-0.2, -0.15) is 27.6 Å². The van der Waals surface area contributed by atoms with Crippen LogP contribution in [0.3, 0.4) is 0 Å². The quantitative estimate of drug-likeness (QED) is 0.693. The summed E-state index contributed by atoms with van der Waals surface area (Å²) < 4.78 is 50.2. The second kappa shape index (κ2) is 7.28. The Morgan fingerprint density at radius 3 is 2.85 bits per heavy atom. The third-order valence-electron chi connectivity index (χ3n) is 3.36. The van der Waals surface area contributed by atoms with Crippen molar-refractivity contribution in [2.75, 3.05) is 12.4 Å². The number of hydrogen-bond acceptors (Lipinski definition) is 7. The average molecular weight is 384 g/mol. The molecule has 3 heterocycles. The fraction of sp³-hybridized carbons (Fsp3) is 0.333. The van der Waals surface area contributed by atoms with Crippen LogP contribution in [0.15, 0.2) is 24.5 Å². The van der Waals surface area contributed by atoms with Gasteiger partial charge >= 0.3 is 6.18 Å². The van der Waals surface area contributed by atoms with E-state index >= 15 is 0 Å². The number of ether oxygens (including phenoxy) is 1. The SMILES string of the molecule is CCCn1cc(-c2nsc(Nc3cccnc3OC)n2)c(C(F)(F)F)n1. The monoisotopic (exact) mass is 384 g/mol. The van der Waals surface area contributed by atoms with E-state index in [0.29, 0.717) is 29.7 Å². The van der Waals surface area contributed by atoms with Gasteiger partial charge in [-0.1, -0.05) is 6.92 Å². The Hall–Kier alpha value is -2.69. The van der Waals surface area contributed by atoms with E-state index in [0.717, 1.165) is 11.5 Å². The van der Waals surface area contributed by atoms with Crippen LogP contribution in [0.4, 0.5) is 24.0 Å². The summed E-state index contributed by atoms with van der Waals surface area (Å²) in [5.74, 6) is 0.311. The maximum atomic E-state index is 13.3. The highest BCUT2D eigenvalue weighted by Crippen LogP contribution is 2.36. The van der Waals surface area contributed by atoms with Crippen LogP contribution in [-0.2, 0) is 12.7 Å². The van der Waals surface area contributed by atoms with Crippen molar-refractivity contribution in [3.8, 4) is 17.3 Å². The third-order valence-corrected chi connectivity index (χ3v) is 3.99. The van der Waals surface area contributed by atoms with Crippen LogP contribution in [0, 0.1) is 0 Å². The summed E-state index contributed by atoms with van der Waals surface area (Å²) >= 11 is 0.940. The molecule has 0 radical (unpaired) electrons. The van der Waals surface area contributed by atoms with E-state index < -0.39 is 11.9 Å². The molecule has 0 atom stereocenters. The van der Waals surface area contributed by atoms with Gasteiger partial charge in [-0.15, -0.1) is 0 Å². The van der Waals surface area contributed by atoms with E-state index in [1.165, 1.54) is 18.0 Å². The standard InChI is InChI=1S/C15H15F3N6OS/c1-3-7-24-8-9(11(22-24)15(16,17)18)12-21-14(26-23-12)20-10-5-4-6-19-13(10)25-2/h4-6,8H,3,7H2,1-2H3,(H,20,21,23). The number of aryl methyl sites for hydroxylation is 1. The van der Waals surface area contributed by atoms with Crippen LogP contribution in [-0.4, -0.2) is 31.2 Å². The third kappa shape index (κ3) is 3.77. The highest BCUT2D eigenvalue weighted by molar-refractivity contribution is 7.10. The summed E-state index contributed by atoms with van der Waals surface area (Å²) in [6, 6.07) is 3.41. The van der Waals surface area contributed by atoms with Crippen molar-refractivity contribution < 1.29 is 17.9 Å².